The molecule has 112 valence electrons. The Morgan fingerprint density at radius 2 is 2.05 bits per heavy atom. The van der Waals surface area contributed by atoms with E-state index < -0.39 is 0 Å². The van der Waals surface area contributed by atoms with Gasteiger partial charge in [-0.05, 0) is 30.9 Å². The van der Waals surface area contributed by atoms with E-state index in [1.165, 1.54) is 5.56 Å². The largest absolute Gasteiger partial charge is 0.396 e. The third-order valence-corrected chi connectivity index (χ3v) is 4.82. The molecule has 0 amide bonds. The molecule has 3 unspecified atom stereocenters. The lowest BCUT2D eigenvalue weighted by atomic mass is 9.63. The van der Waals surface area contributed by atoms with E-state index >= 15 is 0 Å². The minimum Gasteiger partial charge on any atom is -0.396 e. The third kappa shape index (κ3) is 2.90. The van der Waals surface area contributed by atoms with Crippen LogP contribution in [-0.2, 0) is 10.2 Å². The molecule has 3 heteroatoms. The average molecular weight is 277 g/mol. The van der Waals surface area contributed by atoms with Gasteiger partial charge in [0.2, 0.25) is 0 Å². The summed E-state index contributed by atoms with van der Waals surface area (Å²) in [5, 5.41) is 9.81. The second-order valence-electron chi connectivity index (χ2n) is 6.24. The molecular weight excluding hydrogens is 250 g/mol. The molecule has 0 radical (unpaired) electrons. The molecule has 1 saturated heterocycles. The van der Waals surface area contributed by atoms with Crippen LogP contribution in [0.4, 0.5) is 0 Å². The van der Waals surface area contributed by atoms with Crippen molar-refractivity contribution in [3.63, 3.8) is 0 Å². The number of hydrogen-bond acceptors (Lipinski definition) is 3. The lowest BCUT2D eigenvalue weighted by Gasteiger charge is -2.47. The molecule has 1 aromatic rings. The van der Waals surface area contributed by atoms with Gasteiger partial charge in [0.25, 0.3) is 0 Å². The Labute approximate surface area is 122 Å². The number of nitrogens with two attached hydrogens (primary N) is 1. The van der Waals surface area contributed by atoms with Gasteiger partial charge in [-0.25, -0.2) is 0 Å². The van der Waals surface area contributed by atoms with Gasteiger partial charge in [-0.3, -0.25) is 0 Å². The number of aliphatic hydroxyl groups is 1. The third-order valence-electron chi connectivity index (χ3n) is 4.82. The van der Waals surface area contributed by atoms with Gasteiger partial charge >= 0.3 is 0 Å². The summed E-state index contributed by atoms with van der Waals surface area (Å²) in [4.78, 5) is 0. The van der Waals surface area contributed by atoms with Crippen LogP contribution in [0.3, 0.4) is 0 Å². The first-order valence-electron chi connectivity index (χ1n) is 7.62. The van der Waals surface area contributed by atoms with Gasteiger partial charge in [0.15, 0.2) is 0 Å². The van der Waals surface area contributed by atoms with E-state index in [1.807, 2.05) is 6.07 Å². The Morgan fingerprint density at radius 3 is 2.60 bits per heavy atom. The van der Waals surface area contributed by atoms with E-state index in [2.05, 4.69) is 38.1 Å². The van der Waals surface area contributed by atoms with Crippen LogP contribution in [0.2, 0.25) is 0 Å². The number of hydrogen-bond donors (Lipinski definition) is 2. The van der Waals surface area contributed by atoms with Crippen molar-refractivity contribution >= 4 is 0 Å². The Morgan fingerprint density at radius 1 is 1.35 bits per heavy atom. The predicted octanol–water partition coefficient (Wildman–Crippen LogP) is 2.33. The lowest BCUT2D eigenvalue weighted by Crippen LogP contribution is -2.49. The number of aliphatic hydroxyl groups excluding tert-OH is 1. The van der Waals surface area contributed by atoms with Crippen LogP contribution in [-0.4, -0.2) is 31.0 Å². The Kier molecular flexibility index (Phi) is 5.19. The molecule has 2 rings (SSSR count). The topological polar surface area (TPSA) is 55.5 Å². The van der Waals surface area contributed by atoms with Gasteiger partial charge in [0.05, 0.1) is 6.10 Å². The molecule has 3 nitrogen and oxygen atoms in total. The SMILES string of the molecule is CC(C)C1CC(c2ccccc2)(C(CN)CO)CCO1. The molecule has 20 heavy (non-hydrogen) atoms. The maximum absolute atomic E-state index is 9.81. The van der Waals surface area contributed by atoms with E-state index in [-0.39, 0.29) is 24.0 Å². The minimum absolute atomic E-state index is 0.0576. The summed E-state index contributed by atoms with van der Waals surface area (Å²) >= 11 is 0. The molecule has 1 heterocycles. The fourth-order valence-corrected chi connectivity index (χ4v) is 3.45. The van der Waals surface area contributed by atoms with Crippen LogP contribution >= 0.6 is 0 Å². The Balaban J connectivity index is 2.39. The smallest absolute Gasteiger partial charge is 0.0606 e. The highest BCUT2D eigenvalue weighted by atomic mass is 16.5. The van der Waals surface area contributed by atoms with E-state index in [4.69, 9.17) is 10.5 Å². The molecule has 0 aromatic heterocycles. The molecule has 0 bridgehead atoms. The first-order valence-corrected chi connectivity index (χ1v) is 7.62. The van der Waals surface area contributed by atoms with E-state index in [9.17, 15) is 5.11 Å². The first-order chi connectivity index (χ1) is 9.64. The molecule has 0 aliphatic carbocycles. The maximum atomic E-state index is 9.81. The van der Waals surface area contributed by atoms with Crippen molar-refractivity contribution < 1.29 is 9.84 Å². The standard InChI is InChI=1S/C17H27NO2/c1-13(2)16-10-17(8-9-20-16,15(11-18)12-19)14-6-4-3-5-7-14/h3-7,13,15-16,19H,8-12,18H2,1-2H3. The van der Waals surface area contributed by atoms with Gasteiger partial charge < -0.3 is 15.6 Å². The monoisotopic (exact) mass is 277 g/mol. The lowest BCUT2D eigenvalue weighted by molar-refractivity contribution is -0.0643. The average Bonchev–Trinajstić information content (AvgIpc) is 2.49. The van der Waals surface area contributed by atoms with Crippen molar-refractivity contribution in [2.45, 2.75) is 38.2 Å². The summed E-state index contributed by atoms with van der Waals surface area (Å²) in [6, 6.07) is 10.5. The van der Waals surface area contributed by atoms with Gasteiger partial charge in [0, 0.05) is 24.5 Å². The zero-order chi connectivity index (χ0) is 14.6. The molecular formula is C17H27NO2. The molecule has 0 saturated carbocycles. The van der Waals surface area contributed by atoms with Crippen molar-refractivity contribution in [1.82, 2.24) is 0 Å². The summed E-state index contributed by atoms with van der Waals surface area (Å²) < 4.78 is 5.93. The molecule has 1 aromatic carbocycles. The highest BCUT2D eigenvalue weighted by Gasteiger charge is 2.44. The van der Waals surface area contributed by atoms with Crippen molar-refractivity contribution in [1.29, 1.82) is 0 Å². The second kappa shape index (κ2) is 6.70. The fourth-order valence-electron chi connectivity index (χ4n) is 3.45. The Hall–Kier alpha value is -0.900. The quantitative estimate of drug-likeness (QED) is 0.868. The van der Waals surface area contributed by atoms with Gasteiger partial charge in [-0.15, -0.1) is 0 Å². The summed E-state index contributed by atoms with van der Waals surface area (Å²) in [5.74, 6) is 0.575. The van der Waals surface area contributed by atoms with Crippen LogP contribution in [0.15, 0.2) is 30.3 Å². The maximum Gasteiger partial charge on any atom is 0.0606 e. The van der Waals surface area contributed by atoms with Crippen LogP contribution in [0.1, 0.15) is 32.3 Å². The number of rotatable bonds is 5. The summed E-state index contributed by atoms with van der Waals surface area (Å²) in [7, 11) is 0. The normalized spacial score (nSPS) is 28.6. The number of benzene rings is 1. The van der Waals surface area contributed by atoms with Crippen LogP contribution in [0.5, 0.6) is 0 Å². The molecule has 1 aliphatic heterocycles. The second-order valence-corrected chi connectivity index (χ2v) is 6.24. The summed E-state index contributed by atoms with van der Waals surface area (Å²) in [6.07, 6.45) is 2.12. The zero-order valence-corrected chi connectivity index (χ0v) is 12.6. The van der Waals surface area contributed by atoms with Crippen LogP contribution in [0.25, 0.3) is 0 Å². The van der Waals surface area contributed by atoms with Crippen molar-refractivity contribution in [3.05, 3.63) is 35.9 Å². The van der Waals surface area contributed by atoms with E-state index in [0.29, 0.717) is 12.5 Å². The van der Waals surface area contributed by atoms with E-state index in [1.54, 1.807) is 0 Å². The molecule has 1 fully saturated rings. The van der Waals surface area contributed by atoms with Crippen molar-refractivity contribution in [3.8, 4) is 0 Å². The molecule has 3 N–H and O–H groups in total. The molecule has 0 spiro atoms. The molecule has 1 aliphatic rings. The van der Waals surface area contributed by atoms with Crippen LogP contribution in [0, 0.1) is 11.8 Å². The summed E-state index contributed by atoms with van der Waals surface area (Å²) in [6.45, 7) is 5.78. The number of ether oxygens (including phenoxy) is 1. The first kappa shape index (κ1) is 15.5. The van der Waals surface area contributed by atoms with Crippen LogP contribution < -0.4 is 5.73 Å². The minimum atomic E-state index is -0.0576. The predicted molar refractivity (Wildman–Crippen MR) is 81.6 cm³/mol. The zero-order valence-electron chi connectivity index (χ0n) is 12.6. The van der Waals surface area contributed by atoms with E-state index in [0.717, 1.165) is 19.4 Å². The Bertz CT molecular complexity index is 403. The summed E-state index contributed by atoms with van der Waals surface area (Å²) in [5.41, 5.74) is 7.19. The van der Waals surface area contributed by atoms with Gasteiger partial charge in [-0.2, -0.15) is 0 Å². The van der Waals surface area contributed by atoms with Gasteiger partial charge in [0.1, 0.15) is 0 Å². The van der Waals surface area contributed by atoms with Crippen molar-refractivity contribution in [2.75, 3.05) is 19.8 Å². The molecule has 3 atom stereocenters. The van der Waals surface area contributed by atoms with Gasteiger partial charge in [-0.1, -0.05) is 44.2 Å². The fraction of sp³-hybridized carbons (Fsp3) is 0.647. The van der Waals surface area contributed by atoms with Crippen molar-refractivity contribution in [2.24, 2.45) is 17.6 Å². The highest BCUT2D eigenvalue weighted by molar-refractivity contribution is 5.28. The highest BCUT2D eigenvalue weighted by Crippen LogP contribution is 2.44.